The number of nitrogens with one attached hydrogen (secondary N) is 1. The summed E-state index contributed by atoms with van der Waals surface area (Å²) in [7, 11) is 0. The Morgan fingerprint density at radius 2 is 1.83 bits per heavy atom. The summed E-state index contributed by atoms with van der Waals surface area (Å²) in [6, 6.07) is 17.1. The molecule has 3 aromatic rings. The molecule has 0 aliphatic carbocycles. The van der Waals surface area contributed by atoms with Crippen LogP contribution >= 0.6 is 23.4 Å². The second-order valence-electron chi connectivity index (χ2n) is 4.95. The predicted molar refractivity (Wildman–Crippen MR) is 96.0 cm³/mol. The van der Waals surface area contributed by atoms with E-state index in [0.29, 0.717) is 16.7 Å². The highest BCUT2D eigenvalue weighted by Gasteiger charge is 2.11. The number of carbonyl (C=O) groups is 1. The van der Waals surface area contributed by atoms with Crippen molar-refractivity contribution in [3.63, 3.8) is 0 Å². The first-order valence-corrected chi connectivity index (χ1v) is 8.75. The molecule has 1 heterocycles. The molecule has 0 saturated heterocycles. The van der Waals surface area contributed by atoms with Crippen LogP contribution in [-0.2, 0) is 10.5 Å². The molecule has 0 unspecified atom stereocenters. The number of hydrogen-bond donors (Lipinski definition) is 1. The number of carbonyl (C=O) groups excluding carboxylic acids is 1. The summed E-state index contributed by atoms with van der Waals surface area (Å²) < 4.78 is 5.44. The minimum absolute atomic E-state index is 0.0882. The molecule has 0 spiro atoms. The van der Waals surface area contributed by atoms with Gasteiger partial charge < -0.3 is 4.42 Å². The highest BCUT2D eigenvalue weighted by molar-refractivity contribution is 7.99. The zero-order valence-electron chi connectivity index (χ0n) is 12.6. The molecule has 1 amide bonds. The summed E-state index contributed by atoms with van der Waals surface area (Å²) in [6.07, 6.45) is 0. The van der Waals surface area contributed by atoms with Crippen LogP contribution in [0.15, 0.2) is 59.0 Å². The molecule has 0 radical (unpaired) electrons. The Kier molecular flexibility index (Phi) is 5.51. The Balaban J connectivity index is 1.51. The van der Waals surface area contributed by atoms with Crippen LogP contribution in [0.4, 0.5) is 6.01 Å². The molecule has 1 N–H and O–H groups in total. The van der Waals surface area contributed by atoms with Gasteiger partial charge in [-0.1, -0.05) is 47.0 Å². The van der Waals surface area contributed by atoms with Gasteiger partial charge in [0.05, 0.1) is 5.75 Å². The van der Waals surface area contributed by atoms with E-state index in [-0.39, 0.29) is 11.9 Å². The fourth-order valence-electron chi connectivity index (χ4n) is 1.97. The van der Waals surface area contributed by atoms with Crippen molar-refractivity contribution >= 4 is 35.3 Å². The summed E-state index contributed by atoms with van der Waals surface area (Å²) in [5.74, 6) is 1.24. The highest BCUT2D eigenvalue weighted by Crippen LogP contribution is 2.21. The van der Waals surface area contributed by atoms with Crippen molar-refractivity contribution in [2.45, 2.75) is 5.75 Å². The van der Waals surface area contributed by atoms with E-state index in [9.17, 15) is 4.79 Å². The average Bonchev–Trinajstić information content (AvgIpc) is 3.05. The van der Waals surface area contributed by atoms with E-state index < -0.39 is 0 Å². The van der Waals surface area contributed by atoms with E-state index in [0.717, 1.165) is 11.3 Å². The van der Waals surface area contributed by atoms with E-state index >= 15 is 0 Å². The van der Waals surface area contributed by atoms with E-state index in [1.807, 2.05) is 30.3 Å². The Morgan fingerprint density at radius 1 is 1.08 bits per heavy atom. The van der Waals surface area contributed by atoms with Crippen LogP contribution < -0.4 is 5.32 Å². The SMILES string of the molecule is O=C(CSCc1ccccc1)Nc1nnc(-c2ccc(Cl)cc2)o1. The van der Waals surface area contributed by atoms with Gasteiger partial charge in [0.1, 0.15) is 0 Å². The lowest BCUT2D eigenvalue weighted by atomic mass is 10.2. The first kappa shape index (κ1) is 16.5. The van der Waals surface area contributed by atoms with E-state index in [4.69, 9.17) is 16.0 Å². The van der Waals surface area contributed by atoms with Crippen LogP contribution in [0.5, 0.6) is 0 Å². The highest BCUT2D eigenvalue weighted by atomic mass is 35.5. The van der Waals surface area contributed by atoms with E-state index in [1.165, 1.54) is 17.3 Å². The number of anilines is 1. The van der Waals surface area contributed by atoms with Gasteiger partial charge in [-0.15, -0.1) is 16.9 Å². The Labute approximate surface area is 148 Å². The zero-order chi connectivity index (χ0) is 16.8. The second kappa shape index (κ2) is 7.99. The fraction of sp³-hybridized carbons (Fsp3) is 0.118. The maximum absolute atomic E-state index is 11.9. The number of thioether (sulfide) groups is 1. The maximum atomic E-state index is 11.9. The van der Waals surface area contributed by atoms with Crippen molar-refractivity contribution in [2.75, 3.05) is 11.1 Å². The van der Waals surface area contributed by atoms with Crippen LogP contribution in [0.1, 0.15) is 5.56 Å². The topological polar surface area (TPSA) is 68.0 Å². The van der Waals surface area contributed by atoms with Gasteiger partial charge in [0.15, 0.2) is 0 Å². The summed E-state index contributed by atoms with van der Waals surface area (Å²) in [5.41, 5.74) is 1.92. The Morgan fingerprint density at radius 3 is 2.58 bits per heavy atom. The second-order valence-corrected chi connectivity index (χ2v) is 6.37. The van der Waals surface area contributed by atoms with Gasteiger partial charge in [-0.2, -0.15) is 0 Å². The first-order chi connectivity index (χ1) is 11.7. The lowest BCUT2D eigenvalue weighted by molar-refractivity contribution is -0.113. The summed E-state index contributed by atoms with van der Waals surface area (Å²) in [6.45, 7) is 0. The number of halogens is 1. The van der Waals surface area contributed by atoms with Gasteiger partial charge in [0.2, 0.25) is 11.8 Å². The van der Waals surface area contributed by atoms with Crippen molar-refractivity contribution < 1.29 is 9.21 Å². The lowest BCUT2D eigenvalue weighted by Gasteiger charge is -2.01. The molecule has 3 rings (SSSR count). The number of rotatable bonds is 6. The van der Waals surface area contributed by atoms with Crippen LogP contribution in [0.25, 0.3) is 11.5 Å². The van der Waals surface area contributed by atoms with Crippen molar-refractivity contribution in [3.05, 3.63) is 65.2 Å². The molecule has 1 aromatic heterocycles. The molecule has 0 atom stereocenters. The minimum atomic E-state index is -0.178. The predicted octanol–water partition coefficient (Wildman–Crippen LogP) is 4.26. The van der Waals surface area contributed by atoms with Crippen molar-refractivity contribution in [2.24, 2.45) is 0 Å². The first-order valence-electron chi connectivity index (χ1n) is 7.22. The molecule has 5 nitrogen and oxygen atoms in total. The zero-order valence-corrected chi connectivity index (χ0v) is 14.2. The Bertz CT molecular complexity index is 806. The normalized spacial score (nSPS) is 10.5. The van der Waals surface area contributed by atoms with Crippen LogP contribution in [0.3, 0.4) is 0 Å². The van der Waals surface area contributed by atoms with Gasteiger partial charge in [-0.3, -0.25) is 10.1 Å². The molecular formula is C17H14ClN3O2S. The van der Waals surface area contributed by atoms with Crippen LogP contribution in [0.2, 0.25) is 5.02 Å². The molecular weight excluding hydrogens is 346 g/mol. The summed E-state index contributed by atoms with van der Waals surface area (Å²) in [4.78, 5) is 11.9. The van der Waals surface area contributed by atoms with Crippen molar-refractivity contribution in [3.8, 4) is 11.5 Å². The number of benzene rings is 2. The average molecular weight is 360 g/mol. The maximum Gasteiger partial charge on any atom is 0.322 e. The number of hydrogen-bond acceptors (Lipinski definition) is 5. The fourth-order valence-corrected chi connectivity index (χ4v) is 2.89. The Hall–Kier alpha value is -2.31. The number of aromatic nitrogens is 2. The minimum Gasteiger partial charge on any atom is -0.403 e. The molecule has 0 bridgehead atoms. The van der Waals surface area contributed by atoms with Gasteiger partial charge >= 0.3 is 6.01 Å². The molecule has 2 aromatic carbocycles. The largest absolute Gasteiger partial charge is 0.403 e. The third-order valence-electron chi connectivity index (χ3n) is 3.11. The molecule has 7 heteroatoms. The lowest BCUT2D eigenvalue weighted by Crippen LogP contribution is -2.14. The van der Waals surface area contributed by atoms with Crippen LogP contribution in [0, 0.1) is 0 Å². The van der Waals surface area contributed by atoms with Crippen molar-refractivity contribution in [1.82, 2.24) is 10.2 Å². The van der Waals surface area contributed by atoms with Gasteiger partial charge in [0.25, 0.3) is 0 Å². The van der Waals surface area contributed by atoms with E-state index in [1.54, 1.807) is 24.3 Å². The smallest absolute Gasteiger partial charge is 0.322 e. The standard InChI is InChI=1S/C17H14ClN3O2S/c18-14-8-6-13(7-9-14)16-20-21-17(23-16)19-15(22)11-24-10-12-4-2-1-3-5-12/h1-9H,10-11H2,(H,19,21,22). The molecule has 0 fully saturated rings. The third kappa shape index (κ3) is 4.59. The summed E-state index contributed by atoms with van der Waals surface area (Å²) >= 11 is 7.36. The number of nitrogens with zero attached hydrogens (tertiary/aromatic N) is 2. The molecule has 0 aliphatic heterocycles. The molecule has 24 heavy (non-hydrogen) atoms. The van der Waals surface area contributed by atoms with Gasteiger partial charge in [0, 0.05) is 16.3 Å². The molecule has 122 valence electrons. The molecule has 0 saturated carbocycles. The van der Waals surface area contributed by atoms with Crippen molar-refractivity contribution in [1.29, 1.82) is 0 Å². The van der Waals surface area contributed by atoms with Gasteiger partial charge in [-0.05, 0) is 29.8 Å². The van der Waals surface area contributed by atoms with E-state index in [2.05, 4.69) is 15.5 Å². The molecule has 0 aliphatic rings. The quantitative estimate of drug-likeness (QED) is 0.712. The monoisotopic (exact) mass is 359 g/mol. The third-order valence-corrected chi connectivity index (χ3v) is 4.36. The summed E-state index contributed by atoms with van der Waals surface area (Å²) in [5, 5.41) is 11.0. The number of amides is 1. The van der Waals surface area contributed by atoms with Gasteiger partial charge in [-0.25, -0.2) is 0 Å². The van der Waals surface area contributed by atoms with Crippen LogP contribution in [-0.4, -0.2) is 21.9 Å².